The first kappa shape index (κ1) is 12.1. The summed E-state index contributed by atoms with van der Waals surface area (Å²) in [5, 5.41) is 10.6. The van der Waals surface area contributed by atoms with Gasteiger partial charge in [-0.1, -0.05) is 0 Å². The molecule has 0 bridgehead atoms. The van der Waals surface area contributed by atoms with Gasteiger partial charge in [-0.2, -0.15) is 4.98 Å². The minimum atomic E-state index is -0.607. The molecule has 0 spiro atoms. The van der Waals surface area contributed by atoms with Crippen LogP contribution in [0.4, 0.5) is 11.6 Å². The van der Waals surface area contributed by atoms with Crippen LogP contribution in [-0.4, -0.2) is 47.0 Å². The van der Waals surface area contributed by atoms with Gasteiger partial charge in [0.05, 0.1) is 4.92 Å². The van der Waals surface area contributed by atoms with Crippen molar-refractivity contribution < 1.29 is 9.66 Å². The van der Waals surface area contributed by atoms with Crippen LogP contribution in [0, 0.1) is 10.1 Å². The van der Waals surface area contributed by atoms with Crippen LogP contribution in [0.25, 0.3) is 0 Å². The summed E-state index contributed by atoms with van der Waals surface area (Å²) in [4.78, 5) is 19.1. The van der Waals surface area contributed by atoms with Crippen LogP contribution in [0.15, 0.2) is 6.20 Å². The fraction of sp³-hybridized carbons (Fsp3) is 0.500. The van der Waals surface area contributed by atoms with Gasteiger partial charge in [0.1, 0.15) is 12.8 Å². The lowest BCUT2D eigenvalue weighted by molar-refractivity contribution is -0.386. The Kier molecular flexibility index (Phi) is 3.95. The van der Waals surface area contributed by atoms with Gasteiger partial charge in [0.25, 0.3) is 5.88 Å². The third-order valence-electron chi connectivity index (χ3n) is 1.73. The van der Waals surface area contributed by atoms with Crippen molar-refractivity contribution in [3.05, 3.63) is 16.3 Å². The normalized spacial score (nSPS) is 10.4. The fourth-order valence-electron chi connectivity index (χ4n) is 0.929. The van der Waals surface area contributed by atoms with Gasteiger partial charge in [0.15, 0.2) is 0 Å². The van der Waals surface area contributed by atoms with Crippen molar-refractivity contribution in [3.63, 3.8) is 0 Å². The van der Waals surface area contributed by atoms with Gasteiger partial charge in [-0.3, -0.25) is 10.1 Å². The van der Waals surface area contributed by atoms with Crippen LogP contribution < -0.4 is 10.5 Å². The monoisotopic (exact) mass is 227 g/mol. The van der Waals surface area contributed by atoms with E-state index in [1.165, 1.54) is 0 Å². The highest BCUT2D eigenvalue weighted by Crippen LogP contribution is 2.23. The van der Waals surface area contributed by atoms with E-state index >= 15 is 0 Å². The molecule has 0 aliphatic carbocycles. The molecule has 0 saturated carbocycles. The van der Waals surface area contributed by atoms with Crippen molar-refractivity contribution in [2.24, 2.45) is 0 Å². The summed E-state index contributed by atoms with van der Waals surface area (Å²) in [5.74, 6) is -0.148. The molecular formula is C8H13N5O3. The molecule has 1 rings (SSSR count). The Labute approximate surface area is 92.2 Å². The molecule has 1 aromatic rings. The van der Waals surface area contributed by atoms with Gasteiger partial charge in [-0.25, -0.2) is 4.98 Å². The van der Waals surface area contributed by atoms with E-state index in [2.05, 4.69) is 9.97 Å². The molecule has 0 aliphatic rings. The number of hydrogen-bond donors (Lipinski definition) is 1. The largest absolute Gasteiger partial charge is 0.471 e. The fourth-order valence-corrected chi connectivity index (χ4v) is 0.929. The lowest BCUT2D eigenvalue weighted by Crippen LogP contribution is -2.20. The number of nitro groups is 1. The highest BCUT2D eigenvalue weighted by molar-refractivity contribution is 5.41. The predicted molar refractivity (Wildman–Crippen MR) is 57.1 cm³/mol. The molecule has 16 heavy (non-hydrogen) atoms. The Hall–Kier alpha value is -1.96. The SMILES string of the molecule is CN(C)CCOc1nc(N)ncc1[N+](=O)[O-]. The standard InChI is InChI=1S/C8H13N5O3/c1-12(2)3-4-16-7-6(13(14)15)5-10-8(9)11-7/h5H,3-4H2,1-2H3,(H2,9,10,11). The summed E-state index contributed by atoms with van der Waals surface area (Å²) in [7, 11) is 3.73. The number of nitrogens with zero attached hydrogens (tertiary/aromatic N) is 4. The molecule has 2 N–H and O–H groups in total. The van der Waals surface area contributed by atoms with Crippen LogP contribution in [-0.2, 0) is 0 Å². The third kappa shape index (κ3) is 3.31. The highest BCUT2D eigenvalue weighted by atomic mass is 16.6. The summed E-state index contributed by atoms with van der Waals surface area (Å²) < 4.78 is 5.18. The Morgan fingerprint density at radius 2 is 2.31 bits per heavy atom. The van der Waals surface area contributed by atoms with Gasteiger partial charge in [-0.05, 0) is 14.1 Å². The molecule has 0 amide bonds. The maximum Gasteiger partial charge on any atom is 0.349 e. The Balaban J connectivity index is 2.76. The maximum absolute atomic E-state index is 10.6. The van der Waals surface area contributed by atoms with Gasteiger partial charge in [-0.15, -0.1) is 0 Å². The first-order valence-corrected chi connectivity index (χ1v) is 4.55. The van der Waals surface area contributed by atoms with E-state index in [4.69, 9.17) is 10.5 Å². The summed E-state index contributed by atoms with van der Waals surface area (Å²) in [5.41, 5.74) is 5.04. The van der Waals surface area contributed by atoms with E-state index in [0.717, 1.165) is 6.20 Å². The van der Waals surface area contributed by atoms with Crippen molar-refractivity contribution in [3.8, 4) is 5.88 Å². The highest BCUT2D eigenvalue weighted by Gasteiger charge is 2.18. The lowest BCUT2D eigenvalue weighted by Gasteiger charge is -2.10. The van der Waals surface area contributed by atoms with Crippen molar-refractivity contribution in [1.82, 2.24) is 14.9 Å². The molecule has 0 radical (unpaired) electrons. The minimum Gasteiger partial charge on any atom is -0.471 e. The second-order valence-electron chi connectivity index (χ2n) is 3.33. The second-order valence-corrected chi connectivity index (χ2v) is 3.33. The van der Waals surface area contributed by atoms with E-state index in [1.54, 1.807) is 0 Å². The number of rotatable bonds is 5. The van der Waals surface area contributed by atoms with Crippen LogP contribution in [0.3, 0.4) is 0 Å². The zero-order valence-corrected chi connectivity index (χ0v) is 9.08. The van der Waals surface area contributed by atoms with E-state index in [-0.39, 0.29) is 17.5 Å². The van der Waals surface area contributed by atoms with E-state index in [0.29, 0.717) is 13.2 Å². The molecule has 8 nitrogen and oxygen atoms in total. The number of likely N-dealkylation sites (N-methyl/N-ethyl adjacent to an activating group) is 1. The molecular weight excluding hydrogens is 214 g/mol. The second kappa shape index (κ2) is 5.21. The van der Waals surface area contributed by atoms with E-state index in [1.807, 2.05) is 19.0 Å². The van der Waals surface area contributed by atoms with E-state index < -0.39 is 4.92 Å². The predicted octanol–water partition coefficient (Wildman–Crippen LogP) is -0.0926. The Bertz CT molecular complexity index is 382. The number of hydrogen-bond acceptors (Lipinski definition) is 7. The van der Waals surface area contributed by atoms with Crippen molar-refractivity contribution in [1.29, 1.82) is 0 Å². The number of aromatic nitrogens is 2. The molecule has 0 fully saturated rings. The lowest BCUT2D eigenvalue weighted by atomic mass is 10.5. The number of nitrogen functional groups attached to an aromatic ring is 1. The van der Waals surface area contributed by atoms with E-state index in [9.17, 15) is 10.1 Å². The molecule has 1 aromatic heterocycles. The number of nitrogens with two attached hydrogens (primary N) is 1. The third-order valence-corrected chi connectivity index (χ3v) is 1.73. The Morgan fingerprint density at radius 3 is 2.88 bits per heavy atom. The van der Waals surface area contributed by atoms with Crippen LogP contribution in [0.2, 0.25) is 0 Å². The molecule has 0 aliphatic heterocycles. The summed E-state index contributed by atoms with van der Waals surface area (Å²) in [6.45, 7) is 0.922. The average molecular weight is 227 g/mol. The summed E-state index contributed by atoms with van der Waals surface area (Å²) in [6, 6.07) is 0. The van der Waals surface area contributed by atoms with Gasteiger partial charge >= 0.3 is 5.69 Å². The molecule has 8 heteroatoms. The van der Waals surface area contributed by atoms with Crippen LogP contribution in [0.1, 0.15) is 0 Å². The number of ether oxygens (including phenoxy) is 1. The molecule has 0 saturated heterocycles. The molecule has 0 aromatic carbocycles. The zero-order valence-electron chi connectivity index (χ0n) is 9.08. The van der Waals surface area contributed by atoms with Crippen molar-refractivity contribution in [2.45, 2.75) is 0 Å². The Morgan fingerprint density at radius 1 is 1.62 bits per heavy atom. The van der Waals surface area contributed by atoms with Crippen LogP contribution >= 0.6 is 0 Å². The quantitative estimate of drug-likeness (QED) is 0.553. The maximum atomic E-state index is 10.6. The summed E-state index contributed by atoms with van der Waals surface area (Å²) >= 11 is 0. The molecule has 1 heterocycles. The minimum absolute atomic E-state index is 0.0505. The topological polar surface area (TPSA) is 107 Å². The van der Waals surface area contributed by atoms with Gasteiger partial charge < -0.3 is 15.4 Å². The van der Waals surface area contributed by atoms with Gasteiger partial charge in [0, 0.05) is 6.54 Å². The zero-order chi connectivity index (χ0) is 12.1. The number of anilines is 1. The first-order chi connectivity index (χ1) is 7.50. The van der Waals surface area contributed by atoms with Crippen molar-refractivity contribution >= 4 is 11.6 Å². The summed E-state index contributed by atoms with van der Waals surface area (Å²) in [6.07, 6.45) is 1.04. The van der Waals surface area contributed by atoms with Crippen LogP contribution in [0.5, 0.6) is 5.88 Å². The molecule has 0 unspecified atom stereocenters. The molecule has 0 atom stereocenters. The smallest absolute Gasteiger partial charge is 0.349 e. The van der Waals surface area contributed by atoms with Crippen molar-refractivity contribution in [2.75, 3.05) is 33.0 Å². The molecule has 88 valence electrons. The van der Waals surface area contributed by atoms with Gasteiger partial charge in [0.2, 0.25) is 5.95 Å². The first-order valence-electron chi connectivity index (χ1n) is 4.55. The average Bonchev–Trinajstić information content (AvgIpc) is 2.16.